The molecule has 1 heterocycles. The minimum Gasteiger partial charge on any atom is -0.305 e. The lowest BCUT2D eigenvalue weighted by Gasteiger charge is -2.22. The van der Waals surface area contributed by atoms with E-state index < -0.39 is 8.07 Å². The smallest absolute Gasteiger partial charge is 0.0775 e. The molecule has 1 nitrogen and oxygen atoms in total. The van der Waals surface area contributed by atoms with Crippen molar-refractivity contribution in [1.82, 2.24) is 5.32 Å². The first-order valence-electron chi connectivity index (χ1n) is 7.74. The van der Waals surface area contributed by atoms with E-state index in [0.29, 0.717) is 12.0 Å². The summed E-state index contributed by atoms with van der Waals surface area (Å²) in [5.74, 6) is 0.602. The van der Waals surface area contributed by atoms with Crippen LogP contribution in [0.25, 0.3) is 0 Å². The van der Waals surface area contributed by atoms with E-state index in [1.807, 2.05) is 11.3 Å². The molecule has 1 aromatic heterocycles. The van der Waals surface area contributed by atoms with E-state index in [1.165, 1.54) is 15.6 Å². The summed E-state index contributed by atoms with van der Waals surface area (Å²) < 4.78 is 0. The van der Waals surface area contributed by atoms with E-state index in [1.54, 1.807) is 0 Å². The van der Waals surface area contributed by atoms with Crippen LogP contribution in [-0.2, 0) is 6.54 Å². The molecule has 0 aliphatic heterocycles. The van der Waals surface area contributed by atoms with E-state index in [9.17, 15) is 0 Å². The summed E-state index contributed by atoms with van der Waals surface area (Å²) >= 11 is 1.84. The van der Waals surface area contributed by atoms with Gasteiger partial charge < -0.3 is 5.32 Å². The van der Waals surface area contributed by atoms with Gasteiger partial charge >= 0.3 is 0 Å². The Bertz CT molecular complexity index is 538. The lowest BCUT2D eigenvalue weighted by molar-refractivity contribution is 0.416. The van der Waals surface area contributed by atoms with Crippen molar-refractivity contribution in [3.05, 3.63) is 52.2 Å². The standard InChI is InChI=1S/C18H27NSSi/c1-14(2)18(17-7-6-12-20-17)19-13-15-8-10-16(11-9-15)21(3,4)5/h6-12,14,18-19H,13H2,1-5H3. The Morgan fingerprint density at radius 3 is 2.19 bits per heavy atom. The summed E-state index contributed by atoms with van der Waals surface area (Å²) in [5, 5.41) is 7.41. The highest BCUT2D eigenvalue weighted by molar-refractivity contribution is 7.10. The Balaban J connectivity index is 2.01. The molecule has 0 aliphatic carbocycles. The average Bonchev–Trinajstić information content (AvgIpc) is 2.92. The van der Waals surface area contributed by atoms with Gasteiger partial charge in [-0.2, -0.15) is 0 Å². The molecule has 0 saturated carbocycles. The Morgan fingerprint density at radius 1 is 1.05 bits per heavy atom. The molecule has 0 amide bonds. The topological polar surface area (TPSA) is 12.0 Å². The molecule has 3 heteroatoms. The highest BCUT2D eigenvalue weighted by Gasteiger charge is 2.17. The van der Waals surface area contributed by atoms with Gasteiger partial charge in [0, 0.05) is 17.5 Å². The number of benzene rings is 1. The van der Waals surface area contributed by atoms with Crippen molar-refractivity contribution < 1.29 is 0 Å². The maximum absolute atomic E-state index is 3.72. The Hall–Kier alpha value is -0.903. The summed E-state index contributed by atoms with van der Waals surface area (Å²) in [6, 6.07) is 14.0. The third-order valence-corrected chi connectivity index (χ3v) is 6.88. The van der Waals surface area contributed by atoms with Gasteiger partial charge in [0.05, 0.1) is 8.07 Å². The van der Waals surface area contributed by atoms with Gasteiger partial charge in [0.2, 0.25) is 0 Å². The molecule has 1 unspecified atom stereocenters. The molecule has 2 aromatic rings. The second-order valence-corrected chi connectivity index (χ2v) is 13.1. The van der Waals surface area contributed by atoms with Crippen LogP contribution in [0.1, 0.15) is 30.3 Å². The van der Waals surface area contributed by atoms with Crippen molar-refractivity contribution in [2.24, 2.45) is 5.92 Å². The molecule has 2 rings (SSSR count). The summed E-state index contributed by atoms with van der Waals surface area (Å²) in [4.78, 5) is 1.43. The van der Waals surface area contributed by atoms with Crippen LogP contribution >= 0.6 is 11.3 Å². The highest BCUT2D eigenvalue weighted by atomic mass is 32.1. The fraction of sp³-hybridized carbons (Fsp3) is 0.444. The van der Waals surface area contributed by atoms with E-state index in [-0.39, 0.29) is 0 Å². The van der Waals surface area contributed by atoms with Crippen LogP contribution in [-0.4, -0.2) is 8.07 Å². The molecule has 0 radical (unpaired) electrons. The first-order chi connectivity index (χ1) is 9.88. The van der Waals surface area contributed by atoms with Gasteiger partial charge in [0.25, 0.3) is 0 Å². The second kappa shape index (κ2) is 6.90. The third kappa shape index (κ3) is 4.53. The number of rotatable bonds is 6. The number of hydrogen-bond acceptors (Lipinski definition) is 2. The van der Waals surface area contributed by atoms with E-state index in [2.05, 4.69) is 80.6 Å². The maximum Gasteiger partial charge on any atom is 0.0775 e. The minimum absolute atomic E-state index is 0.446. The fourth-order valence-electron chi connectivity index (χ4n) is 2.48. The van der Waals surface area contributed by atoms with Gasteiger partial charge in [0.1, 0.15) is 0 Å². The van der Waals surface area contributed by atoms with Crippen LogP contribution in [0.3, 0.4) is 0 Å². The Morgan fingerprint density at radius 2 is 1.71 bits per heavy atom. The molecule has 0 fully saturated rings. The van der Waals surface area contributed by atoms with Crippen LogP contribution in [0.2, 0.25) is 19.6 Å². The molecule has 1 atom stereocenters. The van der Waals surface area contributed by atoms with Crippen LogP contribution in [0, 0.1) is 5.92 Å². The van der Waals surface area contributed by atoms with Gasteiger partial charge in [-0.15, -0.1) is 11.3 Å². The van der Waals surface area contributed by atoms with Gasteiger partial charge in [-0.1, -0.05) is 69.0 Å². The molecule has 114 valence electrons. The normalized spacial score (nSPS) is 13.6. The molecule has 1 N–H and O–H groups in total. The monoisotopic (exact) mass is 317 g/mol. The van der Waals surface area contributed by atoms with Gasteiger partial charge in [0.15, 0.2) is 0 Å². The number of nitrogens with one attached hydrogen (secondary N) is 1. The van der Waals surface area contributed by atoms with Crippen LogP contribution in [0.4, 0.5) is 0 Å². The second-order valence-electron chi connectivity index (χ2n) is 7.06. The van der Waals surface area contributed by atoms with Crippen molar-refractivity contribution in [3.8, 4) is 0 Å². The molecule has 0 aliphatic rings. The van der Waals surface area contributed by atoms with Crippen LogP contribution in [0.5, 0.6) is 0 Å². The van der Waals surface area contributed by atoms with Crippen molar-refractivity contribution in [3.63, 3.8) is 0 Å². The van der Waals surface area contributed by atoms with Crippen molar-refractivity contribution in [2.75, 3.05) is 0 Å². The quantitative estimate of drug-likeness (QED) is 0.756. The zero-order valence-corrected chi connectivity index (χ0v) is 15.6. The summed E-state index contributed by atoms with van der Waals surface area (Å²) in [6.07, 6.45) is 0. The summed E-state index contributed by atoms with van der Waals surface area (Å²) in [7, 11) is -1.18. The van der Waals surface area contributed by atoms with Gasteiger partial charge in [-0.05, 0) is 22.9 Å². The zero-order valence-electron chi connectivity index (χ0n) is 13.8. The Kier molecular flexibility index (Phi) is 5.41. The first-order valence-corrected chi connectivity index (χ1v) is 12.1. The van der Waals surface area contributed by atoms with Crippen molar-refractivity contribution >= 4 is 24.6 Å². The number of thiophene rings is 1. The SMILES string of the molecule is CC(C)C(NCc1ccc([Si](C)(C)C)cc1)c1cccs1. The molecular formula is C18H27NSSi. The lowest BCUT2D eigenvalue weighted by atomic mass is 10.0. The van der Waals surface area contributed by atoms with Crippen LogP contribution in [0.15, 0.2) is 41.8 Å². The summed E-state index contributed by atoms with van der Waals surface area (Å²) in [5.41, 5.74) is 1.37. The number of hydrogen-bond donors (Lipinski definition) is 1. The summed E-state index contributed by atoms with van der Waals surface area (Å²) in [6.45, 7) is 12.7. The fourth-order valence-corrected chi connectivity index (χ4v) is 4.62. The van der Waals surface area contributed by atoms with E-state index >= 15 is 0 Å². The molecule has 1 aromatic carbocycles. The van der Waals surface area contributed by atoms with Gasteiger partial charge in [-0.25, -0.2) is 0 Å². The van der Waals surface area contributed by atoms with Crippen LogP contribution < -0.4 is 10.5 Å². The first kappa shape index (κ1) is 16.5. The average molecular weight is 318 g/mol. The predicted octanol–water partition coefficient (Wildman–Crippen LogP) is 4.78. The maximum atomic E-state index is 3.72. The lowest BCUT2D eigenvalue weighted by Crippen LogP contribution is -2.37. The van der Waals surface area contributed by atoms with Crippen molar-refractivity contribution in [2.45, 2.75) is 46.1 Å². The highest BCUT2D eigenvalue weighted by Crippen LogP contribution is 2.26. The molecular weight excluding hydrogens is 290 g/mol. The zero-order chi connectivity index (χ0) is 15.5. The van der Waals surface area contributed by atoms with E-state index in [0.717, 1.165) is 6.54 Å². The largest absolute Gasteiger partial charge is 0.305 e. The molecule has 0 bridgehead atoms. The molecule has 0 spiro atoms. The van der Waals surface area contributed by atoms with Gasteiger partial charge in [-0.3, -0.25) is 0 Å². The Labute approximate surface area is 134 Å². The molecule has 0 saturated heterocycles. The molecule has 21 heavy (non-hydrogen) atoms. The van der Waals surface area contributed by atoms with E-state index in [4.69, 9.17) is 0 Å². The van der Waals surface area contributed by atoms with Crippen molar-refractivity contribution in [1.29, 1.82) is 0 Å². The minimum atomic E-state index is -1.18. The third-order valence-electron chi connectivity index (χ3n) is 3.86. The predicted molar refractivity (Wildman–Crippen MR) is 98.2 cm³/mol.